The molecule has 16 aliphatic carbocycles. The molecule has 0 aromatic heterocycles. The lowest BCUT2D eigenvalue weighted by Crippen LogP contribution is -2.48. The SMILES string of the molecule is c1ccc(-c2c3cc4cc(C56CC7CC(CC(C7)C5)C6)ccc4c(-c4ccc(C56CC7CC(CC(C7)C5)C6)cc4)c3c(-c3ccccc3)c3cc(C45CC6CC(CC(C6)C4)C5)cc(-c4ccc(C56CC7CC(CC(C7)C5)C6)cc4)c23)cc1. The predicted octanol–water partition coefficient (Wildman–Crippen LogP) is 21.7. The first-order chi connectivity index (χ1) is 40.2. The molecule has 16 bridgehead atoms. The molecule has 0 nitrogen and oxygen atoms in total. The van der Waals surface area contributed by atoms with E-state index in [-0.39, 0.29) is 5.41 Å². The van der Waals surface area contributed by atoms with Gasteiger partial charge in [0.15, 0.2) is 0 Å². The van der Waals surface area contributed by atoms with Gasteiger partial charge in [0.2, 0.25) is 0 Å². The van der Waals surface area contributed by atoms with Crippen LogP contribution in [0.3, 0.4) is 0 Å². The zero-order chi connectivity index (χ0) is 53.3. The number of rotatable bonds is 8. The topological polar surface area (TPSA) is 0 Å². The van der Waals surface area contributed by atoms with Crippen molar-refractivity contribution in [3.8, 4) is 44.5 Å². The number of benzene rings is 8. The first kappa shape index (κ1) is 47.8. The van der Waals surface area contributed by atoms with E-state index in [1.165, 1.54) is 231 Å². The molecular formula is C82H84. The molecule has 24 rings (SSSR count). The van der Waals surface area contributed by atoms with Gasteiger partial charge in [-0.25, -0.2) is 0 Å². The summed E-state index contributed by atoms with van der Waals surface area (Å²) in [6.45, 7) is 0. The Balaban J connectivity index is 0.888. The van der Waals surface area contributed by atoms with Crippen molar-refractivity contribution < 1.29 is 0 Å². The zero-order valence-electron chi connectivity index (χ0n) is 48.8. The third-order valence-corrected chi connectivity index (χ3v) is 27.4. The van der Waals surface area contributed by atoms with Gasteiger partial charge in [-0.3, -0.25) is 0 Å². The maximum absolute atomic E-state index is 2.85. The monoisotopic (exact) mass is 1070 g/mol. The van der Waals surface area contributed by atoms with Crippen LogP contribution in [0.5, 0.6) is 0 Å². The third kappa shape index (κ3) is 7.03. The van der Waals surface area contributed by atoms with Gasteiger partial charge >= 0.3 is 0 Å². The molecule has 0 aliphatic heterocycles. The molecule has 0 radical (unpaired) electrons. The van der Waals surface area contributed by atoms with Gasteiger partial charge in [-0.05, 0) is 364 Å². The third-order valence-electron chi connectivity index (χ3n) is 27.4. The maximum atomic E-state index is 2.85. The summed E-state index contributed by atoms with van der Waals surface area (Å²) in [6.07, 6.45) is 34.6. The molecule has 0 saturated heterocycles. The van der Waals surface area contributed by atoms with E-state index in [4.69, 9.17) is 0 Å². The van der Waals surface area contributed by atoms with Crippen molar-refractivity contribution in [2.75, 3.05) is 0 Å². The Morgan fingerprint density at radius 3 is 0.963 bits per heavy atom. The second-order valence-electron chi connectivity index (χ2n) is 32.5. The normalized spacial score (nSPS) is 38.5. The fraction of sp³-hybridized carbons (Fsp3) is 0.488. The number of hydrogen-bond donors (Lipinski definition) is 0. The van der Waals surface area contributed by atoms with E-state index in [1.54, 1.807) is 22.3 Å². The standard InChI is InChI=1S/C82H84/c1-3-7-62(8-4-1)75-72-34-65-33-68(81-43-55-27-56(44-81)29-57(28-55)45-81)19-20-70(65)74(64-13-17-67(18-14-64)80-40-52-24-53(41-80)26-54(25-52)42-80)78(72)76(63-9-5-2-6-10-63)73-36-69(82-46-58-30-59(47-82)32-60(31-58)48-82)35-71(77(73)75)61-11-15-66(16-12-61)79-37-49-21-50(38-79)23-51(22-49)39-79/h1-20,33-36,49-60H,21-32,37-48H2. The van der Waals surface area contributed by atoms with E-state index in [1.807, 2.05) is 0 Å². The highest BCUT2D eigenvalue weighted by Gasteiger charge is 2.55. The van der Waals surface area contributed by atoms with Gasteiger partial charge in [0.05, 0.1) is 0 Å². The van der Waals surface area contributed by atoms with Crippen LogP contribution in [-0.2, 0) is 21.7 Å². The van der Waals surface area contributed by atoms with Crippen LogP contribution in [0.1, 0.15) is 176 Å². The molecule has 0 spiro atoms. The Labute approximate surface area is 488 Å². The lowest BCUT2D eigenvalue weighted by molar-refractivity contribution is -0.00530. The van der Waals surface area contributed by atoms with Crippen molar-refractivity contribution in [1.29, 1.82) is 0 Å². The van der Waals surface area contributed by atoms with Gasteiger partial charge in [0.1, 0.15) is 0 Å². The average molecular weight is 1070 g/mol. The van der Waals surface area contributed by atoms with Gasteiger partial charge < -0.3 is 0 Å². The lowest BCUT2D eigenvalue weighted by atomic mass is 9.48. The summed E-state index contributed by atoms with van der Waals surface area (Å²) in [5.74, 6) is 11.0. The van der Waals surface area contributed by atoms with Gasteiger partial charge in [0, 0.05) is 0 Å². The molecule has 0 atom stereocenters. The molecule has 16 fully saturated rings. The van der Waals surface area contributed by atoms with Crippen LogP contribution in [0.15, 0.2) is 146 Å². The second-order valence-corrected chi connectivity index (χ2v) is 32.5. The van der Waals surface area contributed by atoms with E-state index in [9.17, 15) is 0 Å². The molecule has 8 aromatic carbocycles. The Morgan fingerprint density at radius 2 is 0.549 bits per heavy atom. The van der Waals surface area contributed by atoms with Crippen molar-refractivity contribution in [2.24, 2.45) is 71.0 Å². The van der Waals surface area contributed by atoms with Gasteiger partial charge in [-0.15, -0.1) is 0 Å². The summed E-state index contributed by atoms with van der Waals surface area (Å²) in [5.41, 5.74) is 19.3. The Morgan fingerprint density at radius 1 is 0.232 bits per heavy atom. The predicted molar refractivity (Wildman–Crippen MR) is 340 cm³/mol. The molecule has 0 N–H and O–H groups in total. The highest BCUT2D eigenvalue weighted by atomic mass is 14.6. The molecule has 0 heteroatoms. The summed E-state index contributed by atoms with van der Waals surface area (Å²) in [6, 6.07) is 61.5. The van der Waals surface area contributed by atoms with E-state index >= 15 is 0 Å². The molecule has 8 aromatic rings. The number of fused-ring (bicyclic) bond motifs is 3. The minimum Gasteiger partial charge on any atom is -0.0622 e. The lowest BCUT2D eigenvalue weighted by Gasteiger charge is -2.57. The first-order valence-corrected chi connectivity index (χ1v) is 34.1. The summed E-state index contributed by atoms with van der Waals surface area (Å²) in [5, 5.41) is 8.72. The fourth-order valence-electron chi connectivity index (χ4n) is 26.1. The second kappa shape index (κ2) is 17.1. The van der Waals surface area contributed by atoms with Crippen LogP contribution in [0.2, 0.25) is 0 Å². The molecule has 82 heavy (non-hydrogen) atoms. The first-order valence-electron chi connectivity index (χ1n) is 34.1. The van der Waals surface area contributed by atoms with E-state index in [0.29, 0.717) is 16.2 Å². The van der Waals surface area contributed by atoms with E-state index in [2.05, 4.69) is 146 Å². The smallest absolute Gasteiger partial charge is 0.000764 e. The van der Waals surface area contributed by atoms with Crippen LogP contribution in [0.4, 0.5) is 0 Å². The molecule has 0 amide bonds. The molecular weight excluding hydrogens is 985 g/mol. The van der Waals surface area contributed by atoms with Crippen molar-refractivity contribution in [2.45, 2.75) is 176 Å². The molecule has 412 valence electrons. The Kier molecular flexibility index (Phi) is 9.99. The maximum Gasteiger partial charge on any atom is -0.000764 e. The van der Waals surface area contributed by atoms with Crippen LogP contribution < -0.4 is 0 Å². The largest absolute Gasteiger partial charge is 0.0622 e. The zero-order valence-corrected chi connectivity index (χ0v) is 48.8. The van der Waals surface area contributed by atoms with E-state index in [0.717, 1.165) is 71.0 Å². The Bertz CT molecular complexity index is 3780. The van der Waals surface area contributed by atoms with Crippen molar-refractivity contribution >= 4 is 32.3 Å². The molecule has 0 unspecified atom stereocenters. The number of hydrogen-bond acceptors (Lipinski definition) is 0. The highest BCUT2D eigenvalue weighted by molar-refractivity contribution is 6.31. The van der Waals surface area contributed by atoms with Crippen LogP contribution in [-0.4, -0.2) is 0 Å². The fourth-order valence-corrected chi connectivity index (χ4v) is 26.1. The van der Waals surface area contributed by atoms with Crippen LogP contribution in [0.25, 0.3) is 76.8 Å². The van der Waals surface area contributed by atoms with Crippen LogP contribution in [0, 0.1) is 71.0 Å². The van der Waals surface area contributed by atoms with Crippen molar-refractivity contribution in [1.82, 2.24) is 0 Å². The van der Waals surface area contributed by atoms with Gasteiger partial charge in [-0.2, -0.15) is 0 Å². The minimum atomic E-state index is 0.236. The summed E-state index contributed by atoms with van der Waals surface area (Å²) >= 11 is 0. The average Bonchev–Trinajstić information content (AvgIpc) is 2.20. The molecule has 16 aliphatic rings. The van der Waals surface area contributed by atoms with Gasteiger partial charge in [0.25, 0.3) is 0 Å². The quantitative estimate of drug-likeness (QED) is 0.133. The summed E-state index contributed by atoms with van der Waals surface area (Å²) < 4.78 is 0. The summed E-state index contributed by atoms with van der Waals surface area (Å²) in [7, 11) is 0. The van der Waals surface area contributed by atoms with Crippen molar-refractivity contribution in [3.63, 3.8) is 0 Å². The van der Waals surface area contributed by atoms with E-state index < -0.39 is 0 Å². The molecule has 0 heterocycles. The Hall–Kier alpha value is -5.46. The minimum absolute atomic E-state index is 0.236. The highest BCUT2D eigenvalue weighted by Crippen LogP contribution is 2.66. The molecule has 16 saturated carbocycles. The summed E-state index contributed by atoms with van der Waals surface area (Å²) in [4.78, 5) is 0. The van der Waals surface area contributed by atoms with Crippen molar-refractivity contribution in [3.05, 3.63) is 168 Å². The van der Waals surface area contributed by atoms with Crippen LogP contribution >= 0.6 is 0 Å². The van der Waals surface area contributed by atoms with Gasteiger partial charge in [-0.1, -0.05) is 127 Å².